The summed E-state index contributed by atoms with van der Waals surface area (Å²) in [5.74, 6) is -0.575. The summed E-state index contributed by atoms with van der Waals surface area (Å²) < 4.78 is 5.32. The Bertz CT molecular complexity index is 784. The quantitative estimate of drug-likeness (QED) is 0.646. The van der Waals surface area contributed by atoms with Crippen molar-refractivity contribution >= 4 is 46.6 Å². The average molecular weight is 416 g/mol. The molecule has 2 aromatic carbocycles. The molecule has 0 spiro atoms. The van der Waals surface area contributed by atoms with E-state index in [1.807, 2.05) is 18.2 Å². The molecule has 0 saturated carbocycles. The van der Waals surface area contributed by atoms with Gasteiger partial charge in [0.2, 0.25) is 5.91 Å². The Balaban J connectivity index is 1.63. The van der Waals surface area contributed by atoms with Crippen molar-refractivity contribution in [3.63, 3.8) is 0 Å². The molecule has 0 unspecified atom stereocenters. The second-order valence-corrected chi connectivity index (χ2v) is 6.54. The maximum atomic E-state index is 12.0. The first kappa shape index (κ1) is 20.5. The number of halogens is 3. The molecular weight excluding hydrogens is 399 g/mol. The molecule has 5 nitrogen and oxygen atoms in total. The molecule has 26 heavy (non-hydrogen) atoms. The van der Waals surface area contributed by atoms with Gasteiger partial charge in [-0.3, -0.25) is 9.59 Å². The summed E-state index contributed by atoms with van der Waals surface area (Å²) in [6.07, 6.45) is 0. The van der Waals surface area contributed by atoms with Gasteiger partial charge in [-0.2, -0.15) is 0 Å². The minimum atomic E-state index is -0.298. The monoisotopic (exact) mass is 414 g/mol. The van der Waals surface area contributed by atoms with Crippen molar-refractivity contribution in [2.45, 2.75) is 6.61 Å². The maximum absolute atomic E-state index is 12.0. The second kappa shape index (κ2) is 10.4. The van der Waals surface area contributed by atoms with Crippen molar-refractivity contribution in [3.05, 3.63) is 68.7 Å². The zero-order valence-corrected chi connectivity index (χ0v) is 16.0. The van der Waals surface area contributed by atoms with E-state index in [9.17, 15) is 9.59 Å². The van der Waals surface area contributed by atoms with Gasteiger partial charge in [-0.15, -0.1) is 0 Å². The second-order valence-electron chi connectivity index (χ2n) is 5.32. The van der Waals surface area contributed by atoms with Crippen molar-refractivity contribution in [1.29, 1.82) is 0 Å². The van der Waals surface area contributed by atoms with Gasteiger partial charge in [-0.05, 0) is 29.8 Å². The molecule has 2 rings (SSSR count). The minimum absolute atomic E-state index is 0.0913. The molecule has 0 aliphatic carbocycles. The number of hydrogen-bond donors (Lipinski definition) is 2. The first-order chi connectivity index (χ1) is 12.5. The standard InChI is InChI=1S/C18H17Cl3N2O3/c19-14-4-2-1-3-13(14)10-26-11-17(24)22-7-8-23-18(25)12-5-6-15(20)16(21)9-12/h1-6,9H,7-8,10-11H2,(H,22,24)(H,23,25). The maximum Gasteiger partial charge on any atom is 0.251 e. The third kappa shape index (κ3) is 6.50. The van der Waals surface area contributed by atoms with Gasteiger partial charge in [0.1, 0.15) is 6.61 Å². The lowest BCUT2D eigenvalue weighted by atomic mass is 10.2. The minimum Gasteiger partial charge on any atom is -0.367 e. The van der Waals surface area contributed by atoms with Crippen molar-refractivity contribution in [2.24, 2.45) is 0 Å². The van der Waals surface area contributed by atoms with E-state index >= 15 is 0 Å². The van der Waals surface area contributed by atoms with Gasteiger partial charge in [0.15, 0.2) is 0 Å². The number of rotatable bonds is 8. The summed E-state index contributed by atoms with van der Waals surface area (Å²) in [5.41, 5.74) is 1.21. The van der Waals surface area contributed by atoms with Crippen LogP contribution >= 0.6 is 34.8 Å². The van der Waals surface area contributed by atoms with Crippen LogP contribution in [0.5, 0.6) is 0 Å². The molecule has 0 aromatic heterocycles. The Hall–Kier alpha value is -1.79. The Morgan fingerprint density at radius 1 is 0.885 bits per heavy atom. The molecular formula is C18H17Cl3N2O3. The lowest BCUT2D eigenvalue weighted by Crippen LogP contribution is -2.36. The number of carbonyl (C=O) groups excluding carboxylic acids is 2. The first-order valence-corrected chi connectivity index (χ1v) is 8.92. The predicted octanol–water partition coefficient (Wildman–Crippen LogP) is 3.71. The van der Waals surface area contributed by atoms with Gasteiger partial charge in [0, 0.05) is 23.7 Å². The highest BCUT2D eigenvalue weighted by atomic mass is 35.5. The Morgan fingerprint density at radius 2 is 1.62 bits per heavy atom. The highest BCUT2D eigenvalue weighted by Gasteiger charge is 2.08. The largest absolute Gasteiger partial charge is 0.367 e. The van der Waals surface area contributed by atoms with Gasteiger partial charge in [-0.1, -0.05) is 53.0 Å². The van der Waals surface area contributed by atoms with E-state index in [1.54, 1.807) is 18.2 Å². The molecule has 0 atom stereocenters. The van der Waals surface area contributed by atoms with Gasteiger partial charge in [0.25, 0.3) is 5.91 Å². The molecule has 0 aliphatic rings. The van der Waals surface area contributed by atoms with Crippen LogP contribution in [0, 0.1) is 0 Å². The van der Waals surface area contributed by atoms with Gasteiger partial charge < -0.3 is 15.4 Å². The van der Waals surface area contributed by atoms with E-state index in [-0.39, 0.29) is 38.1 Å². The van der Waals surface area contributed by atoms with E-state index < -0.39 is 0 Å². The molecule has 0 heterocycles. The van der Waals surface area contributed by atoms with E-state index in [2.05, 4.69) is 10.6 Å². The lowest BCUT2D eigenvalue weighted by molar-refractivity contribution is -0.126. The van der Waals surface area contributed by atoms with E-state index in [0.717, 1.165) is 5.56 Å². The average Bonchev–Trinajstić information content (AvgIpc) is 2.62. The fourth-order valence-corrected chi connectivity index (χ4v) is 2.53. The summed E-state index contributed by atoms with van der Waals surface area (Å²) in [7, 11) is 0. The Labute approximate surface area is 166 Å². The molecule has 0 aliphatic heterocycles. The molecule has 2 aromatic rings. The predicted molar refractivity (Wildman–Crippen MR) is 103 cm³/mol. The molecule has 2 N–H and O–H groups in total. The molecule has 138 valence electrons. The number of amides is 2. The summed E-state index contributed by atoms with van der Waals surface area (Å²) in [4.78, 5) is 23.7. The van der Waals surface area contributed by atoms with Crippen LogP contribution in [-0.4, -0.2) is 31.5 Å². The number of nitrogens with one attached hydrogen (secondary N) is 2. The summed E-state index contributed by atoms with van der Waals surface area (Å²) in [6, 6.07) is 11.9. The van der Waals surface area contributed by atoms with E-state index in [4.69, 9.17) is 39.5 Å². The zero-order valence-electron chi connectivity index (χ0n) is 13.7. The summed E-state index contributed by atoms with van der Waals surface area (Å²) >= 11 is 17.7. The van der Waals surface area contributed by atoms with Crippen LogP contribution < -0.4 is 10.6 Å². The Morgan fingerprint density at radius 3 is 2.35 bits per heavy atom. The molecule has 2 amide bonds. The topological polar surface area (TPSA) is 67.4 Å². The number of hydrogen-bond acceptors (Lipinski definition) is 3. The summed E-state index contributed by atoms with van der Waals surface area (Å²) in [6.45, 7) is 0.712. The molecule has 0 radical (unpaired) electrons. The Kier molecular flexibility index (Phi) is 8.19. The third-order valence-corrected chi connectivity index (χ3v) is 4.47. The van der Waals surface area contributed by atoms with Crippen LogP contribution in [-0.2, 0) is 16.1 Å². The van der Waals surface area contributed by atoms with Crippen molar-refractivity contribution in [3.8, 4) is 0 Å². The van der Waals surface area contributed by atoms with Crippen LogP contribution in [0.4, 0.5) is 0 Å². The molecule has 8 heteroatoms. The van der Waals surface area contributed by atoms with Crippen LogP contribution in [0.2, 0.25) is 15.1 Å². The normalized spacial score (nSPS) is 10.4. The van der Waals surface area contributed by atoms with Gasteiger partial charge in [-0.25, -0.2) is 0 Å². The number of carbonyl (C=O) groups is 2. The zero-order chi connectivity index (χ0) is 18.9. The fourth-order valence-electron chi connectivity index (χ4n) is 2.04. The fraction of sp³-hybridized carbons (Fsp3) is 0.222. The van der Waals surface area contributed by atoms with E-state index in [1.165, 1.54) is 6.07 Å². The summed E-state index contributed by atoms with van der Waals surface area (Å²) in [5, 5.41) is 6.61. The molecule has 0 saturated heterocycles. The van der Waals surface area contributed by atoms with E-state index in [0.29, 0.717) is 20.6 Å². The smallest absolute Gasteiger partial charge is 0.251 e. The van der Waals surface area contributed by atoms with Crippen LogP contribution in [0.3, 0.4) is 0 Å². The SMILES string of the molecule is O=C(COCc1ccccc1Cl)NCCNC(=O)c1ccc(Cl)c(Cl)c1. The van der Waals surface area contributed by atoms with Crippen LogP contribution in [0.15, 0.2) is 42.5 Å². The van der Waals surface area contributed by atoms with Gasteiger partial charge >= 0.3 is 0 Å². The van der Waals surface area contributed by atoms with Crippen molar-refractivity contribution in [2.75, 3.05) is 19.7 Å². The number of benzene rings is 2. The van der Waals surface area contributed by atoms with Crippen LogP contribution in [0.25, 0.3) is 0 Å². The number of ether oxygens (including phenoxy) is 1. The van der Waals surface area contributed by atoms with Crippen molar-refractivity contribution < 1.29 is 14.3 Å². The van der Waals surface area contributed by atoms with Crippen molar-refractivity contribution in [1.82, 2.24) is 10.6 Å². The van der Waals surface area contributed by atoms with Gasteiger partial charge in [0.05, 0.1) is 16.7 Å². The third-order valence-electron chi connectivity index (χ3n) is 3.36. The molecule has 0 bridgehead atoms. The lowest BCUT2D eigenvalue weighted by Gasteiger charge is -2.09. The highest BCUT2D eigenvalue weighted by molar-refractivity contribution is 6.42. The highest BCUT2D eigenvalue weighted by Crippen LogP contribution is 2.22. The first-order valence-electron chi connectivity index (χ1n) is 7.78. The molecule has 0 fully saturated rings. The van der Waals surface area contributed by atoms with Crippen LogP contribution in [0.1, 0.15) is 15.9 Å².